The van der Waals surface area contributed by atoms with Crippen LogP contribution >= 0.6 is 0 Å². The number of carbonyl (C=O) groups excluding carboxylic acids is 1. The molecule has 0 saturated carbocycles. The first kappa shape index (κ1) is 14.0. The highest BCUT2D eigenvalue weighted by Gasteiger charge is 2.20. The van der Waals surface area contributed by atoms with E-state index in [2.05, 4.69) is 17.5 Å². The SMILES string of the molecule is Cc1cc(C(=O)NN2CC[NH+](C)CC2)c2ccccc2n1. The predicted octanol–water partition coefficient (Wildman–Crippen LogP) is 0.0183. The molecule has 21 heavy (non-hydrogen) atoms. The van der Waals surface area contributed by atoms with E-state index in [1.165, 1.54) is 4.90 Å². The van der Waals surface area contributed by atoms with Gasteiger partial charge in [0.15, 0.2) is 0 Å². The molecule has 0 unspecified atom stereocenters. The summed E-state index contributed by atoms with van der Waals surface area (Å²) in [7, 11) is 2.18. The van der Waals surface area contributed by atoms with E-state index in [9.17, 15) is 4.79 Å². The van der Waals surface area contributed by atoms with E-state index < -0.39 is 0 Å². The van der Waals surface area contributed by atoms with Crippen LogP contribution in [0.2, 0.25) is 0 Å². The Balaban J connectivity index is 1.84. The van der Waals surface area contributed by atoms with Crippen molar-refractivity contribution in [3.8, 4) is 0 Å². The highest BCUT2D eigenvalue weighted by molar-refractivity contribution is 6.06. The van der Waals surface area contributed by atoms with Gasteiger partial charge in [0.2, 0.25) is 0 Å². The van der Waals surface area contributed by atoms with Gasteiger partial charge in [-0.1, -0.05) is 18.2 Å². The lowest BCUT2D eigenvalue weighted by Crippen LogP contribution is -3.12. The van der Waals surface area contributed by atoms with Gasteiger partial charge in [0.25, 0.3) is 5.91 Å². The Bertz CT molecular complexity index is 662. The Morgan fingerprint density at radius 1 is 1.29 bits per heavy atom. The molecule has 0 bridgehead atoms. The summed E-state index contributed by atoms with van der Waals surface area (Å²) in [5, 5.41) is 2.92. The van der Waals surface area contributed by atoms with Crippen LogP contribution in [0.5, 0.6) is 0 Å². The smallest absolute Gasteiger partial charge is 0.266 e. The molecule has 1 fully saturated rings. The lowest BCUT2D eigenvalue weighted by Gasteiger charge is -2.30. The number of pyridine rings is 1. The standard InChI is InChI=1S/C16H20N4O/c1-12-11-14(13-5-3-4-6-15(13)17-12)16(21)18-20-9-7-19(2)8-10-20/h3-6,11H,7-10H2,1-2H3,(H,18,21)/p+1. The van der Waals surface area contributed by atoms with Crippen molar-refractivity contribution in [1.82, 2.24) is 15.4 Å². The number of carbonyl (C=O) groups is 1. The third-order valence-corrected chi connectivity index (χ3v) is 3.97. The monoisotopic (exact) mass is 285 g/mol. The number of fused-ring (bicyclic) bond motifs is 1. The number of likely N-dealkylation sites (N-methyl/N-ethyl adjacent to an activating group) is 1. The summed E-state index contributed by atoms with van der Waals surface area (Å²) in [4.78, 5) is 18.6. The van der Waals surface area contributed by atoms with Crippen molar-refractivity contribution in [1.29, 1.82) is 0 Å². The Morgan fingerprint density at radius 3 is 2.76 bits per heavy atom. The number of nitrogens with one attached hydrogen (secondary N) is 2. The van der Waals surface area contributed by atoms with Crippen LogP contribution in [0.1, 0.15) is 16.1 Å². The summed E-state index contributed by atoms with van der Waals surface area (Å²) >= 11 is 0. The van der Waals surface area contributed by atoms with Gasteiger partial charge in [-0.2, -0.15) is 0 Å². The summed E-state index contributed by atoms with van der Waals surface area (Å²) in [6, 6.07) is 9.64. The lowest BCUT2D eigenvalue weighted by molar-refractivity contribution is -0.884. The number of piperazine rings is 1. The van der Waals surface area contributed by atoms with E-state index in [0.717, 1.165) is 42.8 Å². The Labute approximate surface area is 124 Å². The van der Waals surface area contributed by atoms with E-state index in [0.29, 0.717) is 5.56 Å². The molecule has 1 aliphatic rings. The molecule has 2 aromatic rings. The summed E-state index contributed by atoms with van der Waals surface area (Å²) < 4.78 is 0. The summed E-state index contributed by atoms with van der Waals surface area (Å²) in [6.45, 7) is 5.80. The first-order valence-electron chi connectivity index (χ1n) is 7.37. The van der Waals surface area contributed by atoms with Crippen LogP contribution in [-0.4, -0.2) is 49.1 Å². The maximum Gasteiger partial charge on any atom is 0.266 e. The number of hydrogen-bond acceptors (Lipinski definition) is 3. The Kier molecular flexibility index (Phi) is 3.86. The number of rotatable bonds is 2. The van der Waals surface area contributed by atoms with Crippen LogP contribution in [-0.2, 0) is 0 Å². The number of nitrogens with zero attached hydrogens (tertiary/aromatic N) is 2. The molecule has 1 aromatic heterocycles. The molecule has 2 heterocycles. The Morgan fingerprint density at radius 2 is 2.00 bits per heavy atom. The predicted molar refractivity (Wildman–Crippen MR) is 82.1 cm³/mol. The molecule has 2 N–H and O–H groups in total. The van der Waals surface area contributed by atoms with E-state index in [-0.39, 0.29) is 5.91 Å². The van der Waals surface area contributed by atoms with Crippen molar-refractivity contribution in [3.05, 3.63) is 41.6 Å². The number of para-hydroxylation sites is 1. The van der Waals surface area contributed by atoms with Crippen LogP contribution in [0.25, 0.3) is 10.9 Å². The molecule has 3 rings (SSSR count). The topological polar surface area (TPSA) is 49.7 Å². The van der Waals surface area contributed by atoms with Crippen molar-refractivity contribution in [3.63, 3.8) is 0 Å². The summed E-state index contributed by atoms with van der Waals surface area (Å²) in [6.07, 6.45) is 0. The number of amides is 1. The third-order valence-electron chi connectivity index (χ3n) is 3.97. The molecule has 0 atom stereocenters. The number of hydrogen-bond donors (Lipinski definition) is 2. The molecule has 5 heteroatoms. The first-order valence-corrected chi connectivity index (χ1v) is 7.37. The molecular formula is C16H21N4O+. The van der Waals surface area contributed by atoms with Crippen LogP contribution in [0.4, 0.5) is 0 Å². The second-order valence-electron chi connectivity index (χ2n) is 5.71. The molecule has 1 aromatic carbocycles. The number of benzene rings is 1. The summed E-state index contributed by atoms with van der Waals surface area (Å²) in [5.74, 6) is -0.0451. The molecule has 110 valence electrons. The lowest BCUT2D eigenvalue weighted by atomic mass is 10.1. The molecule has 1 aliphatic heterocycles. The molecule has 1 saturated heterocycles. The average Bonchev–Trinajstić information content (AvgIpc) is 2.48. The largest absolute Gasteiger partial charge is 0.335 e. The fourth-order valence-corrected chi connectivity index (χ4v) is 2.70. The maximum atomic E-state index is 12.6. The van der Waals surface area contributed by atoms with Gasteiger partial charge in [0.1, 0.15) is 0 Å². The number of quaternary nitrogens is 1. The fraction of sp³-hybridized carbons (Fsp3) is 0.375. The molecule has 0 spiro atoms. The zero-order valence-electron chi connectivity index (χ0n) is 12.5. The highest BCUT2D eigenvalue weighted by atomic mass is 16.2. The highest BCUT2D eigenvalue weighted by Crippen LogP contribution is 2.18. The van der Waals surface area contributed by atoms with Crippen LogP contribution in [0.15, 0.2) is 30.3 Å². The second kappa shape index (κ2) is 5.79. The Hall–Kier alpha value is -1.98. The van der Waals surface area contributed by atoms with Crippen LogP contribution in [0.3, 0.4) is 0 Å². The van der Waals surface area contributed by atoms with E-state index in [1.807, 2.05) is 42.3 Å². The first-order chi connectivity index (χ1) is 10.1. The van der Waals surface area contributed by atoms with Crippen molar-refractivity contribution in [2.75, 3.05) is 33.2 Å². The van der Waals surface area contributed by atoms with Gasteiger partial charge >= 0.3 is 0 Å². The van der Waals surface area contributed by atoms with Crippen molar-refractivity contribution in [2.24, 2.45) is 0 Å². The molecule has 0 aliphatic carbocycles. The van der Waals surface area contributed by atoms with Gasteiger partial charge in [-0.05, 0) is 19.1 Å². The number of hydrazine groups is 1. The summed E-state index contributed by atoms with van der Waals surface area (Å²) in [5.41, 5.74) is 5.46. The third kappa shape index (κ3) is 3.04. The zero-order chi connectivity index (χ0) is 14.8. The van der Waals surface area contributed by atoms with E-state index in [4.69, 9.17) is 0 Å². The van der Waals surface area contributed by atoms with E-state index in [1.54, 1.807) is 0 Å². The molecule has 1 amide bonds. The normalized spacial score (nSPS) is 17.0. The minimum atomic E-state index is -0.0451. The molecule has 0 radical (unpaired) electrons. The quantitative estimate of drug-likeness (QED) is 0.818. The second-order valence-corrected chi connectivity index (χ2v) is 5.71. The van der Waals surface area contributed by atoms with Crippen LogP contribution < -0.4 is 10.3 Å². The van der Waals surface area contributed by atoms with Gasteiger partial charge in [-0.3, -0.25) is 15.2 Å². The van der Waals surface area contributed by atoms with E-state index >= 15 is 0 Å². The van der Waals surface area contributed by atoms with Crippen LogP contribution in [0, 0.1) is 6.92 Å². The van der Waals surface area contributed by atoms with Crippen molar-refractivity contribution >= 4 is 16.8 Å². The maximum absolute atomic E-state index is 12.6. The van der Waals surface area contributed by atoms with Gasteiger partial charge in [-0.15, -0.1) is 0 Å². The van der Waals surface area contributed by atoms with Gasteiger partial charge in [0.05, 0.1) is 44.3 Å². The molecule has 5 nitrogen and oxygen atoms in total. The van der Waals surface area contributed by atoms with Crippen molar-refractivity contribution < 1.29 is 9.69 Å². The fourth-order valence-electron chi connectivity index (χ4n) is 2.70. The zero-order valence-corrected chi connectivity index (χ0v) is 12.5. The van der Waals surface area contributed by atoms with Gasteiger partial charge in [-0.25, -0.2) is 5.01 Å². The number of aryl methyl sites for hydroxylation is 1. The number of aromatic nitrogens is 1. The van der Waals surface area contributed by atoms with Crippen molar-refractivity contribution in [2.45, 2.75) is 6.92 Å². The minimum absolute atomic E-state index is 0.0451. The van der Waals surface area contributed by atoms with Gasteiger partial charge in [0, 0.05) is 11.1 Å². The molecular weight excluding hydrogens is 264 g/mol. The minimum Gasteiger partial charge on any atom is -0.335 e. The average molecular weight is 285 g/mol. The van der Waals surface area contributed by atoms with Gasteiger partial charge < -0.3 is 4.90 Å².